The Morgan fingerprint density at radius 3 is 2.46 bits per heavy atom. The Labute approximate surface area is 238 Å². The first kappa shape index (κ1) is 25.2. The molecular weight excluding hydrogens is 526 g/mol. The molecule has 194 valence electrons. The quantitative estimate of drug-likeness (QED) is 0.213. The van der Waals surface area contributed by atoms with E-state index in [4.69, 9.17) is 33.0 Å². The summed E-state index contributed by atoms with van der Waals surface area (Å²) in [6.07, 6.45) is 1.79. The van der Waals surface area contributed by atoms with Crippen LogP contribution in [0.15, 0.2) is 108 Å². The van der Waals surface area contributed by atoms with Crippen molar-refractivity contribution in [1.29, 1.82) is 0 Å². The van der Waals surface area contributed by atoms with Gasteiger partial charge in [0.25, 0.3) is 0 Å². The third-order valence-electron chi connectivity index (χ3n) is 6.99. The Kier molecular flexibility index (Phi) is 6.81. The lowest BCUT2D eigenvalue weighted by Crippen LogP contribution is -2.29. The first-order valence-electron chi connectivity index (χ1n) is 12.7. The van der Waals surface area contributed by atoms with Gasteiger partial charge in [0.1, 0.15) is 29.1 Å². The van der Waals surface area contributed by atoms with Crippen LogP contribution in [0.4, 0.5) is 5.69 Å². The minimum Gasteiger partial charge on any atom is -0.459 e. The molecule has 2 aromatic heterocycles. The summed E-state index contributed by atoms with van der Waals surface area (Å²) in [7, 11) is 0. The smallest absolute Gasteiger partial charge is 0.174 e. The third-order valence-corrected chi connectivity index (χ3v) is 7.71. The van der Waals surface area contributed by atoms with Gasteiger partial charge in [-0.25, -0.2) is 0 Å². The van der Waals surface area contributed by atoms with Gasteiger partial charge < -0.3 is 19.4 Å². The molecule has 1 aliphatic rings. The Balaban J connectivity index is 1.37. The zero-order valence-corrected chi connectivity index (χ0v) is 23.0. The van der Waals surface area contributed by atoms with Crippen molar-refractivity contribution in [2.45, 2.75) is 25.9 Å². The van der Waals surface area contributed by atoms with Gasteiger partial charge >= 0.3 is 0 Å². The number of hydrogen-bond donors (Lipinski definition) is 1. The number of hydrogen-bond acceptors (Lipinski definition) is 4. The van der Waals surface area contributed by atoms with Crippen molar-refractivity contribution in [1.82, 2.24) is 10.3 Å². The molecule has 1 aliphatic heterocycles. The minimum absolute atomic E-state index is 0.207. The van der Waals surface area contributed by atoms with Gasteiger partial charge in [0.15, 0.2) is 5.11 Å². The van der Waals surface area contributed by atoms with Gasteiger partial charge in [-0.2, -0.15) is 0 Å². The average Bonchev–Trinajstić information content (AvgIpc) is 3.57. The van der Waals surface area contributed by atoms with E-state index in [-0.39, 0.29) is 12.1 Å². The zero-order chi connectivity index (χ0) is 26.9. The predicted octanol–water partition coefficient (Wildman–Crippen LogP) is 8.58. The molecule has 5 aromatic rings. The average molecular weight is 552 g/mol. The first-order chi connectivity index (χ1) is 19.0. The van der Waals surface area contributed by atoms with Crippen molar-refractivity contribution >= 4 is 34.6 Å². The lowest BCUT2D eigenvalue weighted by molar-refractivity contribution is 0.439. The summed E-state index contributed by atoms with van der Waals surface area (Å²) in [5, 5.41) is 4.78. The topological polar surface area (TPSA) is 50.5 Å². The summed E-state index contributed by atoms with van der Waals surface area (Å²) >= 11 is 12.3. The number of rotatable bonds is 6. The van der Waals surface area contributed by atoms with Crippen LogP contribution in [0.25, 0.3) is 11.3 Å². The van der Waals surface area contributed by atoms with Crippen LogP contribution >= 0.6 is 23.8 Å². The van der Waals surface area contributed by atoms with E-state index in [0.29, 0.717) is 10.1 Å². The number of nitrogens with one attached hydrogen (secondary N) is 1. The molecule has 0 bridgehead atoms. The van der Waals surface area contributed by atoms with Gasteiger partial charge in [0, 0.05) is 22.5 Å². The van der Waals surface area contributed by atoms with Crippen LogP contribution in [0, 0.1) is 13.8 Å². The second-order valence-corrected chi connectivity index (χ2v) is 10.3. The molecule has 1 N–H and O–H groups in total. The number of aromatic nitrogens is 1. The normalized spacial score (nSPS) is 16.8. The highest BCUT2D eigenvalue weighted by Gasteiger charge is 2.42. The molecule has 0 spiro atoms. The van der Waals surface area contributed by atoms with E-state index in [0.717, 1.165) is 51.1 Å². The lowest BCUT2D eigenvalue weighted by atomic mass is 10.0. The third kappa shape index (κ3) is 4.89. The molecule has 0 amide bonds. The Bertz CT molecular complexity index is 1640. The molecule has 2 atom stereocenters. The van der Waals surface area contributed by atoms with Gasteiger partial charge in [-0.3, -0.25) is 4.98 Å². The maximum absolute atomic E-state index is 6.50. The summed E-state index contributed by atoms with van der Waals surface area (Å²) < 4.78 is 12.6. The first-order valence-corrected chi connectivity index (χ1v) is 13.5. The molecule has 3 aromatic carbocycles. The van der Waals surface area contributed by atoms with E-state index in [2.05, 4.69) is 15.2 Å². The molecule has 0 saturated carbocycles. The number of halogens is 1. The highest BCUT2D eigenvalue weighted by atomic mass is 35.5. The van der Waals surface area contributed by atoms with Crippen molar-refractivity contribution in [3.05, 3.63) is 131 Å². The minimum atomic E-state index is -0.260. The molecule has 6 rings (SSSR count). The highest BCUT2D eigenvalue weighted by Crippen LogP contribution is 2.43. The number of pyridine rings is 1. The number of nitrogens with zero attached hydrogens (tertiary/aromatic N) is 2. The van der Waals surface area contributed by atoms with E-state index in [1.807, 2.05) is 111 Å². The molecule has 1 saturated heterocycles. The van der Waals surface area contributed by atoms with Crippen LogP contribution in [0.2, 0.25) is 5.02 Å². The Morgan fingerprint density at radius 2 is 1.69 bits per heavy atom. The van der Waals surface area contributed by atoms with Crippen molar-refractivity contribution in [2.75, 3.05) is 4.90 Å². The van der Waals surface area contributed by atoms with Gasteiger partial charge in [0.05, 0.1) is 11.7 Å². The number of ether oxygens (including phenoxy) is 1. The maximum atomic E-state index is 6.50. The molecule has 3 heterocycles. The number of furan rings is 1. The maximum Gasteiger partial charge on any atom is 0.174 e. The van der Waals surface area contributed by atoms with Crippen LogP contribution < -0.4 is 15.0 Å². The van der Waals surface area contributed by atoms with Gasteiger partial charge in [-0.15, -0.1) is 0 Å². The van der Waals surface area contributed by atoms with Crippen LogP contribution in [-0.2, 0) is 0 Å². The summed E-state index contributed by atoms with van der Waals surface area (Å²) in [4.78, 5) is 6.71. The molecule has 39 heavy (non-hydrogen) atoms. The summed E-state index contributed by atoms with van der Waals surface area (Å²) in [6, 6.07) is 31.2. The fraction of sp³-hybridized carbons (Fsp3) is 0.125. The van der Waals surface area contributed by atoms with Crippen LogP contribution in [0.1, 0.15) is 34.7 Å². The van der Waals surface area contributed by atoms with Crippen molar-refractivity contribution in [3.8, 4) is 22.8 Å². The molecule has 0 radical (unpaired) electrons. The van der Waals surface area contributed by atoms with E-state index >= 15 is 0 Å². The molecule has 1 fully saturated rings. The Morgan fingerprint density at radius 1 is 0.897 bits per heavy atom. The van der Waals surface area contributed by atoms with E-state index in [9.17, 15) is 0 Å². The largest absolute Gasteiger partial charge is 0.459 e. The zero-order valence-electron chi connectivity index (χ0n) is 21.5. The van der Waals surface area contributed by atoms with Gasteiger partial charge in [0.2, 0.25) is 0 Å². The second-order valence-electron chi connectivity index (χ2n) is 9.47. The van der Waals surface area contributed by atoms with Crippen molar-refractivity contribution in [3.63, 3.8) is 0 Å². The van der Waals surface area contributed by atoms with Gasteiger partial charge in [-0.05, 0) is 97.9 Å². The fourth-order valence-electron chi connectivity index (χ4n) is 4.93. The lowest BCUT2D eigenvalue weighted by Gasteiger charge is -2.26. The number of thiocarbonyl (C=S) groups is 1. The van der Waals surface area contributed by atoms with Crippen molar-refractivity contribution in [2.24, 2.45) is 0 Å². The highest BCUT2D eigenvalue weighted by molar-refractivity contribution is 7.80. The summed E-state index contributed by atoms with van der Waals surface area (Å²) in [5.74, 6) is 3.11. The molecule has 0 aliphatic carbocycles. The Hall–Kier alpha value is -4.13. The standard InChI is InChI=1S/C32H26ClN3O2S/c1-20-8-3-4-12-27(20)37-23-15-13-22(14-16-23)36-31(30(35-32(36)39)26-11-5-6-19-34-26)29-18-17-28(38-29)24-9-7-10-25(33)21(24)2/h3-19,30-31H,1-2H3,(H,35,39)/t30-,31-/m1/s1. The van der Waals surface area contributed by atoms with E-state index in [1.165, 1.54) is 0 Å². The monoisotopic (exact) mass is 551 g/mol. The molecule has 7 heteroatoms. The summed E-state index contributed by atoms with van der Waals surface area (Å²) in [5.41, 5.74) is 4.81. The SMILES string of the molecule is Cc1ccccc1Oc1ccc(N2C(=S)N[C@H](c3ccccn3)[C@H]2c2ccc(-c3cccc(Cl)c3C)o2)cc1. The van der Waals surface area contributed by atoms with Crippen LogP contribution in [-0.4, -0.2) is 10.1 Å². The van der Waals surface area contributed by atoms with E-state index in [1.54, 1.807) is 6.20 Å². The predicted molar refractivity (Wildman–Crippen MR) is 160 cm³/mol. The van der Waals surface area contributed by atoms with Gasteiger partial charge in [-0.1, -0.05) is 48.0 Å². The number of para-hydroxylation sites is 1. The second kappa shape index (κ2) is 10.6. The number of aryl methyl sites for hydroxylation is 1. The van der Waals surface area contributed by atoms with E-state index < -0.39 is 0 Å². The van der Waals surface area contributed by atoms with Crippen LogP contribution in [0.5, 0.6) is 11.5 Å². The molecular formula is C32H26ClN3O2S. The molecule has 0 unspecified atom stereocenters. The number of anilines is 1. The molecule has 5 nitrogen and oxygen atoms in total. The van der Waals surface area contributed by atoms with Crippen molar-refractivity contribution < 1.29 is 9.15 Å². The summed E-state index contributed by atoms with van der Waals surface area (Å²) in [6.45, 7) is 4.03. The van der Waals surface area contributed by atoms with Crippen LogP contribution in [0.3, 0.4) is 0 Å². The number of benzene rings is 3. The fourth-order valence-corrected chi connectivity index (χ4v) is 5.45.